The van der Waals surface area contributed by atoms with Crippen molar-refractivity contribution >= 4 is 5.97 Å². The van der Waals surface area contributed by atoms with Crippen LogP contribution in [-0.4, -0.2) is 22.9 Å². The quantitative estimate of drug-likeness (QED) is 0.630. The average molecular weight is 299 g/mol. The van der Waals surface area contributed by atoms with Crippen LogP contribution in [0.5, 0.6) is 0 Å². The van der Waals surface area contributed by atoms with E-state index in [0.717, 1.165) is 16.8 Å². The molecule has 1 N–H and O–H groups in total. The Morgan fingerprint density at radius 2 is 2.18 bits per heavy atom. The highest BCUT2D eigenvalue weighted by molar-refractivity contribution is 5.77. The van der Waals surface area contributed by atoms with Crippen LogP contribution in [0.15, 0.2) is 49.2 Å². The van der Waals surface area contributed by atoms with E-state index in [0.29, 0.717) is 13.1 Å². The summed E-state index contributed by atoms with van der Waals surface area (Å²) in [4.78, 5) is 12.0. The fraction of sp³-hybridized carbons (Fsp3) is 0.294. The number of methoxy groups -OCH3 is 1. The highest BCUT2D eigenvalue weighted by Crippen LogP contribution is 2.16. The number of esters is 1. The van der Waals surface area contributed by atoms with Gasteiger partial charge in [0.25, 0.3) is 0 Å². The van der Waals surface area contributed by atoms with Gasteiger partial charge < -0.3 is 4.74 Å². The van der Waals surface area contributed by atoms with E-state index >= 15 is 0 Å². The van der Waals surface area contributed by atoms with Crippen LogP contribution in [0.4, 0.5) is 0 Å². The standard InChI is InChI=1S/C17H21N3O2/c1-4-10-20-12-15(13(2)19-20)11-18-16(17(21)22-3)14-8-6-5-7-9-14/h4-9,12,16,18H,1,10-11H2,2-3H3/t16-/m0/s1. The maximum Gasteiger partial charge on any atom is 0.327 e. The summed E-state index contributed by atoms with van der Waals surface area (Å²) in [7, 11) is 1.40. The van der Waals surface area contributed by atoms with Crippen LogP contribution in [0.25, 0.3) is 0 Å². The molecule has 0 saturated heterocycles. The van der Waals surface area contributed by atoms with Crippen LogP contribution in [0.3, 0.4) is 0 Å². The topological polar surface area (TPSA) is 56.2 Å². The third kappa shape index (κ3) is 3.83. The number of benzene rings is 1. The van der Waals surface area contributed by atoms with Crippen molar-refractivity contribution in [3.05, 3.63) is 66.0 Å². The monoisotopic (exact) mass is 299 g/mol. The molecule has 0 aliphatic rings. The molecule has 1 aromatic carbocycles. The third-order valence-corrected chi connectivity index (χ3v) is 3.43. The summed E-state index contributed by atoms with van der Waals surface area (Å²) in [6.07, 6.45) is 3.76. The average Bonchev–Trinajstić information content (AvgIpc) is 2.88. The summed E-state index contributed by atoms with van der Waals surface area (Å²) >= 11 is 0. The van der Waals surface area contributed by atoms with E-state index in [1.165, 1.54) is 7.11 Å². The van der Waals surface area contributed by atoms with E-state index in [9.17, 15) is 4.79 Å². The molecule has 0 unspecified atom stereocenters. The lowest BCUT2D eigenvalue weighted by molar-refractivity contribution is -0.143. The zero-order valence-corrected chi connectivity index (χ0v) is 13.0. The third-order valence-electron chi connectivity index (χ3n) is 3.43. The molecule has 5 nitrogen and oxygen atoms in total. The first-order chi connectivity index (χ1) is 10.7. The van der Waals surface area contributed by atoms with Crippen molar-refractivity contribution in [1.82, 2.24) is 15.1 Å². The van der Waals surface area contributed by atoms with Crippen LogP contribution >= 0.6 is 0 Å². The van der Waals surface area contributed by atoms with Gasteiger partial charge in [-0.05, 0) is 12.5 Å². The Morgan fingerprint density at radius 3 is 2.82 bits per heavy atom. The molecule has 1 aromatic heterocycles. The molecule has 22 heavy (non-hydrogen) atoms. The number of rotatable bonds is 7. The summed E-state index contributed by atoms with van der Waals surface area (Å²) < 4.78 is 6.72. The summed E-state index contributed by atoms with van der Waals surface area (Å²) in [5.74, 6) is -0.303. The Kier molecular flexibility index (Phi) is 5.49. The largest absolute Gasteiger partial charge is 0.468 e. The number of hydrogen-bond acceptors (Lipinski definition) is 4. The fourth-order valence-corrected chi connectivity index (χ4v) is 2.27. The Bertz CT molecular complexity index is 635. The van der Waals surface area contributed by atoms with Gasteiger partial charge in [-0.3, -0.25) is 10.00 Å². The van der Waals surface area contributed by atoms with Crippen LogP contribution in [0, 0.1) is 6.92 Å². The van der Waals surface area contributed by atoms with E-state index in [-0.39, 0.29) is 5.97 Å². The minimum Gasteiger partial charge on any atom is -0.468 e. The normalized spacial score (nSPS) is 11.9. The smallest absolute Gasteiger partial charge is 0.327 e. The van der Waals surface area contributed by atoms with Gasteiger partial charge >= 0.3 is 5.97 Å². The molecule has 0 saturated carbocycles. The SMILES string of the molecule is C=CCn1cc(CN[C@H](C(=O)OC)c2ccccc2)c(C)n1. The predicted molar refractivity (Wildman–Crippen MR) is 85.2 cm³/mol. The highest BCUT2D eigenvalue weighted by Gasteiger charge is 2.21. The van der Waals surface area contributed by atoms with Gasteiger partial charge in [-0.2, -0.15) is 5.10 Å². The Morgan fingerprint density at radius 1 is 1.45 bits per heavy atom. The molecule has 0 amide bonds. The number of ether oxygens (including phenoxy) is 1. The van der Waals surface area contributed by atoms with E-state index < -0.39 is 6.04 Å². The number of hydrogen-bond donors (Lipinski definition) is 1. The lowest BCUT2D eigenvalue weighted by atomic mass is 10.1. The van der Waals surface area contributed by atoms with Crippen molar-refractivity contribution in [2.24, 2.45) is 0 Å². The maximum atomic E-state index is 12.0. The number of carbonyl (C=O) groups is 1. The van der Waals surface area contributed by atoms with E-state index in [1.807, 2.05) is 48.1 Å². The highest BCUT2D eigenvalue weighted by atomic mass is 16.5. The van der Waals surface area contributed by atoms with Crippen LogP contribution in [0.2, 0.25) is 0 Å². The van der Waals surface area contributed by atoms with Crippen molar-refractivity contribution in [3.8, 4) is 0 Å². The van der Waals surface area contributed by atoms with Crippen molar-refractivity contribution < 1.29 is 9.53 Å². The van der Waals surface area contributed by atoms with Gasteiger partial charge in [-0.15, -0.1) is 6.58 Å². The Hall–Kier alpha value is -2.40. The van der Waals surface area contributed by atoms with Gasteiger partial charge in [-0.25, -0.2) is 4.79 Å². The van der Waals surface area contributed by atoms with Gasteiger partial charge in [0.15, 0.2) is 0 Å². The molecule has 0 spiro atoms. The van der Waals surface area contributed by atoms with Gasteiger partial charge in [0, 0.05) is 18.3 Å². The molecule has 5 heteroatoms. The van der Waals surface area contributed by atoms with Crippen molar-refractivity contribution in [2.45, 2.75) is 26.1 Å². The van der Waals surface area contributed by atoms with Crippen molar-refractivity contribution in [3.63, 3.8) is 0 Å². The zero-order valence-electron chi connectivity index (χ0n) is 13.0. The number of aromatic nitrogens is 2. The van der Waals surface area contributed by atoms with E-state index in [2.05, 4.69) is 17.0 Å². The second-order valence-corrected chi connectivity index (χ2v) is 5.00. The van der Waals surface area contributed by atoms with Crippen molar-refractivity contribution in [2.75, 3.05) is 7.11 Å². The molecule has 1 atom stereocenters. The molecule has 0 bridgehead atoms. The molecule has 1 heterocycles. The molecule has 116 valence electrons. The summed E-state index contributed by atoms with van der Waals surface area (Å²) in [5, 5.41) is 7.65. The first-order valence-corrected chi connectivity index (χ1v) is 7.15. The van der Waals surface area contributed by atoms with E-state index in [1.54, 1.807) is 6.08 Å². The maximum absolute atomic E-state index is 12.0. The minimum absolute atomic E-state index is 0.303. The van der Waals surface area contributed by atoms with Crippen molar-refractivity contribution in [1.29, 1.82) is 0 Å². The number of carbonyl (C=O) groups excluding carboxylic acids is 1. The summed E-state index contributed by atoms with van der Waals surface area (Å²) in [6, 6.07) is 9.04. The van der Waals surface area contributed by atoms with Crippen LogP contribution in [-0.2, 0) is 22.6 Å². The van der Waals surface area contributed by atoms with Gasteiger partial charge in [0.05, 0.1) is 19.3 Å². The lowest BCUT2D eigenvalue weighted by Gasteiger charge is -2.16. The molecule has 0 radical (unpaired) electrons. The van der Waals surface area contributed by atoms with Crippen LogP contribution < -0.4 is 5.32 Å². The number of aryl methyl sites for hydroxylation is 1. The first-order valence-electron chi connectivity index (χ1n) is 7.15. The van der Waals surface area contributed by atoms with Crippen LogP contribution in [0.1, 0.15) is 22.9 Å². The fourth-order valence-electron chi connectivity index (χ4n) is 2.27. The Balaban J connectivity index is 2.12. The zero-order chi connectivity index (χ0) is 15.9. The van der Waals surface area contributed by atoms with Gasteiger partial charge in [-0.1, -0.05) is 36.4 Å². The van der Waals surface area contributed by atoms with Gasteiger partial charge in [0.2, 0.25) is 0 Å². The molecule has 0 aliphatic carbocycles. The number of nitrogens with one attached hydrogen (secondary N) is 1. The summed E-state index contributed by atoms with van der Waals surface area (Å²) in [5.41, 5.74) is 2.86. The molecule has 0 aliphatic heterocycles. The van der Waals surface area contributed by atoms with E-state index in [4.69, 9.17) is 4.74 Å². The second-order valence-electron chi connectivity index (χ2n) is 5.00. The molecule has 0 fully saturated rings. The number of allylic oxidation sites excluding steroid dienone is 1. The Labute approximate surface area is 130 Å². The molecular weight excluding hydrogens is 278 g/mol. The second kappa shape index (κ2) is 7.56. The lowest BCUT2D eigenvalue weighted by Crippen LogP contribution is -2.29. The predicted octanol–water partition coefficient (Wildman–Crippen LogP) is 2.38. The minimum atomic E-state index is -0.492. The van der Waals surface area contributed by atoms with Gasteiger partial charge in [0.1, 0.15) is 6.04 Å². The molecule has 2 rings (SSSR count). The summed E-state index contributed by atoms with van der Waals surface area (Å²) in [6.45, 7) is 6.86. The molecular formula is C17H21N3O2. The molecule has 2 aromatic rings. The number of nitrogens with zero attached hydrogens (tertiary/aromatic N) is 2. The first kappa shape index (κ1) is 16.0.